The molecule has 0 saturated heterocycles. The molecule has 0 aromatic carbocycles. The summed E-state index contributed by atoms with van der Waals surface area (Å²) in [5, 5.41) is 10.6. The van der Waals surface area contributed by atoms with Gasteiger partial charge in [-0.1, -0.05) is 317 Å². The maximum atomic E-state index is 13.1. The van der Waals surface area contributed by atoms with Gasteiger partial charge in [0.05, 0.1) is 26.4 Å². The molecule has 0 aromatic rings. The lowest BCUT2D eigenvalue weighted by atomic mass is 9.99. The van der Waals surface area contributed by atoms with Gasteiger partial charge in [-0.15, -0.1) is 0 Å². The van der Waals surface area contributed by atoms with Gasteiger partial charge in [0.2, 0.25) is 0 Å². The van der Waals surface area contributed by atoms with Crippen molar-refractivity contribution in [2.45, 2.75) is 388 Å². The van der Waals surface area contributed by atoms with E-state index in [1.54, 1.807) is 0 Å². The fourth-order valence-corrected chi connectivity index (χ4v) is 12.8. The summed E-state index contributed by atoms with van der Waals surface area (Å²) in [6.07, 6.45) is 56.6. The molecular weight excluding hydrogens is 1260 g/mol. The van der Waals surface area contributed by atoms with Crippen LogP contribution in [-0.4, -0.2) is 96.7 Å². The lowest BCUT2D eigenvalue weighted by Gasteiger charge is -2.21. The molecule has 4 unspecified atom stereocenters. The number of aliphatic hydroxyl groups excluding tert-OH is 1. The molecule has 0 aliphatic rings. The van der Waals surface area contributed by atoms with Crippen LogP contribution in [-0.2, 0) is 65.4 Å². The zero-order chi connectivity index (χ0) is 70.9. The molecule has 0 aliphatic heterocycles. The monoisotopic (exact) mass is 1410 g/mol. The van der Waals surface area contributed by atoms with E-state index < -0.39 is 97.5 Å². The third kappa shape index (κ3) is 67.4. The van der Waals surface area contributed by atoms with Gasteiger partial charge >= 0.3 is 39.5 Å². The molecule has 96 heavy (non-hydrogen) atoms. The van der Waals surface area contributed by atoms with Crippen LogP contribution in [0.4, 0.5) is 0 Å². The third-order valence-electron chi connectivity index (χ3n) is 18.0. The molecule has 0 saturated carbocycles. The minimum absolute atomic E-state index is 0.0995. The van der Waals surface area contributed by atoms with E-state index >= 15 is 0 Å². The molecule has 0 radical (unpaired) electrons. The van der Waals surface area contributed by atoms with Gasteiger partial charge in [-0.3, -0.25) is 37.3 Å². The molecule has 3 N–H and O–H groups in total. The van der Waals surface area contributed by atoms with Crippen molar-refractivity contribution in [2.75, 3.05) is 39.6 Å². The summed E-state index contributed by atoms with van der Waals surface area (Å²) in [6, 6.07) is 0. The lowest BCUT2D eigenvalue weighted by Crippen LogP contribution is -2.30. The second-order valence-corrected chi connectivity index (χ2v) is 30.9. The normalized spacial score (nSPS) is 14.8. The largest absolute Gasteiger partial charge is 0.472 e. The quantitative estimate of drug-likeness (QED) is 0.0169. The van der Waals surface area contributed by atoms with Crippen molar-refractivity contribution in [1.29, 1.82) is 0 Å². The molecule has 17 nitrogen and oxygen atoms in total. The molecule has 0 fully saturated rings. The summed E-state index contributed by atoms with van der Waals surface area (Å²) in [5.41, 5.74) is 0. The van der Waals surface area contributed by atoms with E-state index in [1.165, 1.54) is 154 Å². The van der Waals surface area contributed by atoms with E-state index in [-0.39, 0.29) is 25.7 Å². The average molecular weight is 1410 g/mol. The van der Waals surface area contributed by atoms with Crippen molar-refractivity contribution < 1.29 is 80.2 Å². The summed E-state index contributed by atoms with van der Waals surface area (Å²) in [6.45, 7) is 11.8. The Balaban J connectivity index is 5.22. The number of esters is 4. The Bertz CT molecular complexity index is 1970. The second-order valence-electron chi connectivity index (χ2n) is 28.0. The number of unbranched alkanes of at least 4 members (excludes halogenated alkanes) is 36. The highest BCUT2D eigenvalue weighted by atomic mass is 31.2. The van der Waals surface area contributed by atoms with Gasteiger partial charge in [-0.2, -0.15) is 0 Å². The molecule has 0 amide bonds. The first-order chi connectivity index (χ1) is 46.3. The number of aliphatic hydroxyl groups is 1. The number of hydrogen-bond acceptors (Lipinski definition) is 15. The minimum Gasteiger partial charge on any atom is -0.462 e. The number of phosphoric ester groups is 2. The predicted molar refractivity (Wildman–Crippen MR) is 390 cm³/mol. The number of allylic oxidation sites excluding steroid dienone is 4. The number of carbonyl (C=O) groups excluding carboxylic acids is 4. The Morgan fingerprint density at radius 2 is 0.615 bits per heavy atom. The standard InChI is InChI=1S/C77H146O17P2/c1-8-11-12-13-14-15-16-17-22-26-29-32-35-44-51-58-74(79)87-64-72(93-76(81)60-53-46-36-33-30-27-24-21-19-18-20-23-25-28-31-34-42-49-56-69(6)9-2)66-91-95(83,84)89-62-71(78)63-90-96(85,86)92-67-73(65-88-75(80)59-52-45-39-37-41-48-55-68(4)5)94-77(82)61-54-47-40-38-43-50-57-70(7)10-3/h15-17,22,68-73,78H,8-14,18-21,23-67H2,1-7H3,(H,83,84)(H,85,86)/b16-15-,22-17-/t69?,70?,71-,72-,73-/m1/s1. The van der Waals surface area contributed by atoms with Gasteiger partial charge in [0.15, 0.2) is 12.2 Å². The van der Waals surface area contributed by atoms with Crippen molar-refractivity contribution in [3.63, 3.8) is 0 Å². The van der Waals surface area contributed by atoms with E-state index in [0.717, 1.165) is 127 Å². The summed E-state index contributed by atoms with van der Waals surface area (Å²) >= 11 is 0. The van der Waals surface area contributed by atoms with Crippen LogP contribution in [0.2, 0.25) is 0 Å². The molecule has 0 heterocycles. The van der Waals surface area contributed by atoms with Gasteiger partial charge in [0.1, 0.15) is 19.3 Å². The van der Waals surface area contributed by atoms with Crippen LogP contribution in [0.3, 0.4) is 0 Å². The fourth-order valence-electron chi connectivity index (χ4n) is 11.2. The Morgan fingerprint density at radius 3 is 0.927 bits per heavy atom. The van der Waals surface area contributed by atoms with Crippen LogP contribution in [0, 0.1) is 17.8 Å². The van der Waals surface area contributed by atoms with Gasteiger partial charge < -0.3 is 33.8 Å². The number of rotatable bonds is 73. The van der Waals surface area contributed by atoms with Crippen molar-refractivity contribution in [2.24, 2.45) is 17.8 Å². The highest BCUT2D eigenvalue weighted by molar-refractivity contribution is 7.47. The third-order valence-corrected chi connectivity index (χ3v) is 19.9. The lowest BCUT2D eigenvalue weighted by molar-refractivity contribution is -0.161. The van der Waals surface area contributed by atoms with E-state index in [9.17, 15) is 43.2 Å². The summed E-state index contributed by atoms with van der Waals surface area (Å²) < 4.78 is 68.4. The van der Waals surface area contributed by atoms with E-state index in [0.29, 0.717) is 31.6 Å². The summed E-state index contributed by atoms with van der Waals surface area (Å²) in [5.74, 6) is 0.112. The molecule has 0 bridgehead atoms. The van der Waals surface area contributed by atoms with Gasteiger partial charge in [-0.05, 0) is 69.1 Å². The number of hydrogen-bond donors (Lipinski definition) is 3. The van der Waals surface area contributed by atoms with Crippen molar-refractivity contribution in [1.82, 2.24) is 0 Å². The van der Waals surface area contributed by atoms with Crippen LogP contribution in [0.25, 0.3) is 0 Å². The van der Waals surface area contributed by atoms with Gasteiger partial charge in [-0.25, -0.2) is 9.13 Å². The van der Waals surface area contributed by atoms with Crippen molar-refractivity contribution >= 4 is 39.5 Å². The van der Waals surface area contributed by atoms with Gasteiger partial charge in [0, 0.05) is 25.7 Å². The van der Waals surface area contributed by atoms with Crippen LogP contribution in [0.1, 0.15) is 370 Å². The highest BCUT2D eigenvalue weighted by Gasteiger charge is 2.30. The maximum absolute atomic E-state index is 13.1. The van der Waals surface area contributed by atoms with E-state index in [1.807, 2.05) is 0 Å². The van der Waals surface area contributed by atoms with Crippen molar-refractivity contribution in [3.8, 4) is 0 Å². The highest BCUT2D eigenvalue weighted by Crippen LogP contribution is 2.45. The van der Waals surface area contributed by atoms with E-state index in [4.69, 9.17) is 37.0 Å². The smallest absolute Gasteiger partial charge is 0.462 e. The zero-order valence-corrected chi connectivity index (χ0v) is 64.1. The molecule has 0 aromatic heterocycles. The van der Waals surface area contributed by atoms with Crippen LogP contribution < -0.4 is 0 Å². The number of phosphoric acid groups is 2. The van der Waals surface area contributed by atoms with Crippen LogP contribution in [0.5, 0.6) is 0 Å². The van der Waals surface area contributed by atoms with Crippen LogP contribution in [0.15, 0.2) is 24.3 Å². The zero-order valence-electron chi connectivity index (χ0n) is 62.3. The Labute approximate surface area is 586 Å². The molecule has 0 rings (SSSR count). The molecule has 0 spiro atoms. The Morgan fingerprint density at radius 1 is 0.344 bits per heavy atom. The maximum Gasteiger partial charge on any atom is 0.472 e. The predicted octanol–water partition coefficient (Wildman–Crippen LogP) is 22.1. The molecule has 19 heteroatoms. The van der Waals surface area contributed by atoms with E-state index in [2.05, 4.69) is 72.8 Å². The molecule has 7 atom stereocenters. The SMILES string of the molecule is CCCCCC/C=C\C=C/CCCCCCCC(=O)OC[C@H](COP(=O)(O)OC[C@@H](O)COP(=O)(O)OC[C@@H](COC(=O)CCCCCCCCC(C)C)OC(=O)CCCCCCCCC(C)CC)OC(=O)CCCCCCCCCCCCCCCCCCCCC(C)CC. The van der Waals surface area contributed by atoms with Gasteiger partial charge in [0.25, 0.3) is 0 Å². The Kier molecular flexibility index (Phi) is 65.3. The topological polar surface area (TPSA) is 237 Å². The second kappa shape index (κ2) is 67.1. The summed E-state index contributed by atoms with van der Waals surface area (Å²) in [7, 11) is -9.92. The average Bonchev–Trinajstić information content (AvgIpc) is 1.24. The van der Waals surface area contributed by atoms with Crippen LogP contribution >= 0.6 is 15.6 Å². The minimum atomic E-state index is -4.97. The Hall–Kier alpha value is -2.46. The molecular formula is C77H146O17P2. The molecule has 566 valence electrons. The number of ether oxygens (including phenoxy) is 4. The first-order valence-corrected chi connectivity index (χ1v) is 42.2. The summed E-state index contributed by atoms with van der Waals surface area (Å²) in [4.78, 5) is 72.7. The first-order valence-electron chi connectivity index (χ1n) is 39.2. The van der Waals surface area contributed by atoms with Crippen molar-refractivity contribution in [3.05, 3.63) is 24.3 Å². The fraction of sp³-hybridized carbons (Fsp3) is 0.896. The first kappa shape index (κ1) is 93.5. The number of carbonyl (C=O) groups is 4. The molecule has 0 aliphatic carbocycles.